The first kappa shape index (κ1) is 78.1. The molecule has 0 aliphatic carbocycles. The third kappa shape index (κ3) is 41.1. The van der Waals surface area contributed by atoms with Crippen molar-refractivity contribution in [3.05, 3.63) is 0 Å². The maximum atomic E-state index is 9.04. The summed E-state index contributed by atoms with van der Waals surface area (Å²) in [7, 11) is 0. The maximum absolute atomic E-state index is 9.04. The Kier molecular flexibility index (Phi) is 51.7. The fourth-order valence-corrected chi connectivity index (χ4v) is 6.52. The van der Waals surface area contributed by atoms with Crippen LogP contribution < -0.4 is 34.4 Å². The molecule has 0 fully saturated rings. The van der Waals surface area contributed by atoms with E-state index in [-0.39, 0.29) is 218 Å². The smallest absolute Gasteiger partial charge is 0.141 e. The molecule has 0 rings (SSSR count). The molecule has 472 valence electrons. The SMILES string of the molecule is N#CCCOC[C@H](OCCC#N)[C@@H](OCCC#N)[C@H](OCCC#N)[C@@H](COCCC#N)OCCC#N.N/C(CCOC[C@H](OCC/C(N)=N/O)[C@@H](OCC/C(N)=N/O)[C@H](OCC/C(N)=N\O)[C@@H](COCC/C(N)=N\O)OCC/C(N)=N\O)=N\O. The molecule has 0 heterocycles. The Hall–Kier alpha value is -7.92. The van der Waals surface area contributed by atoms with E-state index in [2.05, 4.69) is 30.9 Å². The van der Waals surface area contributed by atoms with Crippen LogP contribution in [0.25, 0.3) is 0 Å². The summed E-state index contributed by atoms with van der Waals surface area (Å²) in [6.07, 6.45) is -6.73. The quantitative estimate of drug-likeness (QED) is 0.0119. The Morgan fingerprint density at radius 2 is 0.452 bits per heavy atom. The minimum atomic E-state index is -1.11. The van der Waals surface area contributed by atoms with Crippen LogP contribution in [-0.2, 0) is 56.8 Å². The van der Waals surface area contributed by atoms with Crippen LogP contribution in [0.15, 0.2) is 30.9 Å². The Morgan fingerprint density at radius 3 is 0.690 bits per heavy atom. The Morgan fingerprint density at radius 1 is 0.274 bits per heavy atom. The second kappa shape index (κ2) is 55.6. The topological polar surface area (TPSA) is 605 Å². The van der Waals surface area contributed by atoms with E-state index < -0.39 is 48.8 Å². The normalized spacial score (nSPS) is 15.2. The van der Waals surface area contributed by atoms with E-state index in [0.29, 0.717) is 0 Å². The van der Waals surface area contributed by atoms with Crippen LogP contribution >= 0.6 is 0 Å². The molecule has 0 unspecified atom stereocenters. The van der Waals surface area contributed by atoms with Crippen molar-refractivity contribution in [3.8, 4) is 36.4 Å². The number of hydrogen-bond donors (Lipinski definition) is 12. The van der Waals surface area contributed by atoms with Crippen molar-refractivity contribution in [1.29, 1.82) is 31.6 Å². The van der Waals surface area contributed by atoms with Crippen molar-refractivity contribution in [2.24, 2.45) is 65.3 Å². The molecule has 0 saturated heterocycles. The number of nitriles is 6. The summed E-state index contributed by atoms with van der Waals surface area (Å²) in [4.78, 5) is 0. The molecule has 0 aromatic carbocycles. The summed E-state index contributed by atoms with van der Waals surface area (Å²) in [5.41, 5.74) is 33.6. The van der Waals surface area contributed by atoms with Crippen molar-refractivity contribution in [3.63, 3.8) is 0 Å². The number of oxime groups is 6. The Labute approximate surface area is 487 Å². The van der Waals surface area contributed by atoms with E-state index >= 15 is 0 Å². The molecule has 0 aliphatic heterocycles. The highest BCUT2D eigenvalue weighted by atomic mass is 16.6. The van der Waals surface area contributed by atoms with Gasteiger partial charge in [0.25, 0.3) is 0 Å². The molecule has 0 radical (unpaired) electrons. The Bertz CT molecular complexity index is 2010. The van der Waals surface area contributed by atoms with E-state index in [1.807, 2.05) is 36.4 Å². The second-order valence-corrected chi connectivity index (χ2v) is 16.8. The predicted octanol–water partition coefficient (Wildman–Crippen LogP) is -0.578. The van der Waals surface area contributed by atoms with Gasteiger partial charge in [0.2, 0.25) is 0 Å². The first-order chi connectivity index (χ1) is 40.7. The van der Waals surface area contributed by atoms with E-state index in [4.69, 9.17) is 154 Å². The molecule has 0 aromatic heterocycles. The Balaban J connectivity index is 0. The zero-order chi connectivity index (χ0) is 62.9. The zero-order valence-corrected chi connectivity index (χ0v) is 46.8. The molecule has 0 aromatic rings. The van der Waals surface area contributed by atoms with Crippen LogP contribution in [0.1, 0.15) is 77.0 Å². The van der Waals surface area contributed by atoms with Gasteiger partial charge in [0, 0.05) is 38.5 Å². The van der Waals surface area contributed by atoms with Gasteiger partial charge in [-0.25, -0.2) is 0 Å². The van der Waals surface area contributed by atoms with Gasteiger partial charge in [0.15, 0.2) is 0 Å². The van der Waals surface area contributed by atoms with Gasteiger partial charge in [-0.1, -0.05) is 30.9 Å². The highest BCUT2D eigenvalue weighted by Gasteiger charge is 2.40. The predicted molar refractivity (Wildman–Crippen MR) is 291 cm³/mol. The van der Waals surface area contributed by atoms with Crippen molar-refractivity contribution < 1.29 is 88.1 Å². The van der Waals surface area contributed by atoms with E-state index in [9.17, 15) is 0 Å². The van der Waals surface area contributed by atoms with Crippen molar-refractivity contribution in [2.75, 3.05) is 106 Å². The van der Waals surface area contributed by atoms with Gasteiger partial charge >= 0.3 is 0 Å². The lowest BCUT2D eigenvalue weighted by atomic mass is 10.0. The second-order valence-electron chi connectivity index (χ2n) is 16.8. The summed E-state index contributed by atoms with van der Waals surface area (Å²) in [5.74, 6) is -0.704. The summed E-state index contributed by atoms with van der Waals surface area (Å²) in [6.45, 7) is -0.272. The number of nitrogens with two attached hydrogens (primary N) is 6. The van der Waals surface area contributed by atoms with Gasteiger partial charge in [0.1, 0.15) is 83.8 Å². The average Bonchev–Trinajstić information content (AvgIpc) is 3.67. The monoisotopic (exact) mass is 1200 g/mol. The van der Waals surface area contributed by atoms with Gasteiger partial charge in [0.05, 0.1) is 181 Å². The summed E-state index contributed by atoms with van der Waals surface area (Å²) < 4.78 is 71.0. The standard InChI is InChI=1S/C24H50N12O12.C24H32N6O6/c25-17(31-37)1-7-43-13-15(45-9-3-19(27)33-39)23(47-11-5-21(29)35-41)24(48-12-6-22(30)36-42)16(46-10-4-20(28)34-40)14-44-8-2-18(26)32-38;25-7-1-13-31-19-21(33-15-3-9-27)23(35-17-5-11-29)24(36-18-6-12-30)22(34-16-4-10-28)20-32-14-2-8-26/h15-16,23-24,37-42H,1-14H2,(H2,25,31)(H2,26,32)(H2,27,33)(H2,28,34)(H2,29,35)(H2,30,36);21-24H,1-6,13-20H2/t15-,16+,23-,24-;21-,22+,23-,24-/m11/s1. The third-order valence-electron chi connectivity index (χ3n) is 10.6. The maximum Gasteiger partial charge on any atom is 0.141 e. The minimum absolute atomic E-state index is 0.000375. The largest absolute Gasteiger partial charge is 0.409 e. The van der Waals surface area contributed by atoms with Gasteiger partial charge in [-0.3, -0.25) is 0 Å². The minimum Gasteiger partial charge on any atom is -0.409 e. The number of rotatable bonds is 52. The van der Waals surface area contributed by atoms with Gasteiger partial charge in [-0.2, -0.15) is 31.6 Å². The lowest BCUT2D eigenvalue weighted by Crippen LogP contribution is -2.53. The number of ether oxygens (including phenoxy) is 12. The highest BCUT2D eigenvalue weighted by molar-refractivity contribution is 5.81. The fourth-order valence-electron chi connectivity index (χ4n) is 6.52. The van der Waals surface area contributed by atoms with Crippen molar-refractivity contribution >= 4 is 35.0 Å². The summed E-state index contributed by atoms with van der Waals surface area (Å²) in [5, 5.41) is 125. The van der Waals surface area contributed by atoms with Crippen LogP contribution in [0.4, 0.5) is 0 Å². The molecular weight excluding hydrogens is 1120 g/mol. The van der Waals surface area contributed by atoms with E-state index in [1.165, 1.54) is 0 Å². The molecule has 8 atom stereocenters. The first-order valence-electron chi connectivity index (χ1n) is 26.0. The average molecular weight is 1200 g/mol. The number of hydrogen-bond acceptors (Lipinski definition) is 30. The molecular formula is C48H82N18O18. The van der Waals surface area contributed by atoms with E-state index in [0.717, 1.165) is 0 Å². The van der Waals surface area contributed by atoms with E-state index in [1.54, 1.807) is 0 Å². The van der Waals surface area contributed by atoms with Crippen molar-refractivity contribution in [2.45, 2.75) is 126 Å². The number of nitrogens with zero attached hydrogens (tertiary/aromatic N) is 12. The first-order valence-corrected chi connectivity index (χ1v) is 26.0. The fraction of sp³-hybridized carbons (Fsp3) is 0.750. The third-order valence-corrected chi connectivity index (χ3v) is 10.6. The van der Waals surface area contributed by atoms with Crippen LogP contribution in [0.2, 0.25) is 0 Å². The van der Waals surface area contributed by atoms with Crippen LogP contribution in [0, 0.1) is 68.0 Å². The molecule has 0 bridgehead atoms. The lowest BCUT2D eigenvalue weighted by molar-refractivity contribution is -0.195. The molecule has 36 nitrogen and oxygen atoms in total. The highest BCUT2D eigenvalue weighted by Crippen LogP contribution is 2.23. The molecule has 0 aliphatic rings. The van der Waals surface area contributed by atoms with Gasteiger partial charge < -0.3 is 122 Å². The van der Waals surface area contributed by atoms with Crippen LogP contribution in [0.5, 0.6) is 0 Å². The molecule has 0 saturated carbocycles. The molecule has 0 spiro atoms. The van der Waals surface area contributed by atoms with Crippen LogP contribution in [0.3, 0.4) is 0 Å². The van der Waals surface area contributed by atoms with Gasteiger partial charge in [-0.05, 0) is 0 Å². The van der Waals surface area contributed by atoms with Gasteiger partial charge in [-0.15, -0.1) is 0 Å². The zero-order valence-electron chi connectivity index (χ0n) is 46.8. The van der Waals surface area contributed by atoms with Crippen LogP contribution in [-0.4, -0.2) is 221 Å². The molecule has 36 heteroatoms. The number of amidine groups is 6. The summed E-state index contributed by atoms with van der Waals surface area (Å²) in [6, 6.07) is 12.0. The lowest BCUT2D eigenvalue weighted by Gasteiger charge is -2.37. The molecule has 0 amide bonds. The van der Waals surface area contributed by atoms with Crippen molar-refractivity contribution in [1.82, 2.24) is 0 Å². The summed E-state index contributed by atoms with van der Waals surface area (Å²) >= 11 is 0. The molecule has 18 N–H and O–H groups in total. The molecule has 84 heavy (non-hydrogen) atoms.